The number of H-pyrrole nitrogens is 1. The Morgan fingerprint density at radius 3 is 3.04 bits per heavy atom. The highest BCUT2D eigenvalue weighted by atomic mass is 19.1. The minimum atomic E-state index is -0.301. The van der Waals surface area contributed by atoms with Crippen molar-refractivity contribution in [2.45, 2.75) is 18.9 Å². The molecular formula is C17H17FN4O. The molecule has 5 nitrogen and oxygen atoms in total. The Morgan fingerprint density at radius 2 is 2.26 bits per heavy atom. The van der Waals surface area contributed by atoms with E-state index >= 15 is 0 Å². The molecule has 1 amide bonds. The van der Waals surface area contributed by atoms with Crippen molar-refractivity contribution >= 4 is 16.8 Å². The Morgan fingerprint density at radius 1 is 1.39 bits per heavy atom. The summed E-state index contributed by atoms with van der Waals surface area (Å²) in [5, 5.41) is 4.91. The quantitative estimate of drug-likeness (QED) is 0.791. The second kappa shape index (κ2) is 5.22. The van der Waals surface area contributed by atoms with Crippen LogP contribution >= 0.6 is 0 Å². The van der Waals surface area contributed by atoms with E-state index in [9.17, 15) is 9.18 Å². The van der Waals surface area contributed by atoms with Gasteiger partial charge in [-0.2, -0.15) is 5.10 Å². The van der Waals surface area contributed by atoms with Crippen molar-refractivity contribution in [3.05, 3.63) is 53.7 Å². The van der Waals surface area contributed by atoms with Crippen LogP contribution in [0.2, 0.25) is 0 Å². The molecular weight excluding hydrogens is 295 g/mol. The zero-order chi connectivity index (χ0) is 16.0. The molecule has 0 bridgehead atoms. The number of aryl methyl sites for hydroxylation is 1. The number of halogens is 1. The number of benzene rings is 1. The van der Waals surface area contributed by atoms with Crippen molar-refractivity contribution in [1.82, 2.24) is 19.7 Å². The predicted octanol–water partition coefficient (Wildman–Crippen LogP) is 3.02. The number of aromatic amines is 1. The average Bonchev–Trinajstić information content (AvgIpc) is 3.23. The number of carbonyl (C=O) groups excluding carboxylic acids is 1. The molecule has 1 aliphatic heterocycles. The molecule has 0 aliphatic carbocycles. The average molecular weight is 312 g/mol. The summed E-state index contributed by atoms with van der Waals surface area (Å²) in [5.74, 6) is -0.349. The lowest BCUT2D eigenvalue weighted by Crippen LogP contribution is -2.30. The first-order valence-electron chi connectivity index (χ1n) is 7.69. The first-order valence-corrected chi connectivity index (χ1v) is 7.69. The molecule has 6 heteroatoms. The van der Waals surface area contributed by atoms with Crippen LogP contribution in [0.15, 0.2) is 36.7 Å². The maximum atomic E-state index is 13.3. The molecule has 1 aliphatic rings. The van der Waals surface area contributed by atoms with Crippen molar-refractivity contribution in [3.8, 4) is 0 Å². The molecule has 1 fully saturated rings. The molecule has 1 N–H and O–H groups in total. The van der Waals surface area contributed by atoms with Crippen molar-refractivity contribution in [1.29, 1.82) is 0 Å². The SMILES string of the molecule is Cn1cc([C@@H]2CCCN2C(=O)c2cc3cc(F)ccc3[nH]2)cn1. The van der Waals surface area contributed by atoms with Gasteiger partial charge in [0.2, 0.25) is 0 Å². The molecule has 1 aromatic carbocycles. The molecule has 118 valence electrons. The summed E-state index contributed by atoms with van der Waals surface area (Å²) in [6, 6.07) is 6.26. The molecule has 3 heterocycles. The molecule has 2 aromatic heterocycles. The standard InChI is InChI=1S/C17H17FN4O/c1-21-10-12(9-19-21)16-3-2-6-22(16)17(23)15-8-11-7-13(18)4-5-14(11)20-15/h4-5,7-10,16,20H,2-3,6H2,1H3/t16-/m0/s1. The lowest BCUT2D eigenvalue weighted by Gasteiger charge is -2.23. The third-order valence-corrected chi connectivity index (χ3v) is 4.44. The number of rotatable bonds is 2. The topological polar surface area (TPSA) is 53.9 Å². The highest BCUT2D eigenvalue weighted by Gasteiger charge is 2.32. The van der Waals surface area contributed by atoms with E-state index < -0.39 is 0 Å². The van der Waals surface area contributed by atoms with Crippen LogP contribution in [0.5, 0.6) is 0 Å². The van der Waals surface area contributed by atoms with Gasteiger partial charge >= 0.3 is 0 Å². The zero-order valence-corrected chi connectivity index (χ0v) is 12.8. The van der Waals surface area contributed by atoms with Crippen LogP contribution in [0.3, 0.4) is 0 Å². The van der Waals surface area contributed by atoms with Gasteiger partial charge in [-0.3, -0.25) is 9.48 Å². The minimum Gasteiger partial charge on any atom is -0.351 e. The lowest BCUT2D eigenvalue weighted by atomic mass is 10.1. The van der Waals surface area contributed by atoms with Crippen LogP contribution in [0, 0.1) is 5.82 Å². The monoisotopic (exact) mass is 312 g/mol. The first-order chi connectivity index (χ1) is 11.1. The van der Waals surface area contributed by atoms with Gasteiger partial charge in [0.1, 0.15) is 11.5 Å². The van der Waals surface area contributed by atoms with Crippen LogP contribution < -0.4 is 0 Å². The van der Waals surface area contributed by atoms with Crippen molar-refractivity contribution in [2.24, 2.45) is 7.05 Å². The van der Waals surface area contributed by atoms with Crippen LogP contribution in [-0.2, 0) is 7.05 Å². The maximum absolute atomic E-state index is 13.3. The minimum absolute atomic E-state index is 0.0482. The van der Waals surface area contributed by atoms with E-state index in [1.165, 1.54) is 12.1 Å². The third-order valence-electron chi connectivity index (χ3n) is 4.44. The summed E-state index contributed by atoms with van der Waals surface area (Å²) in [7, 11) is 1.87. The van der Waals surface area contributed by atoms with E-state index in [4.69, 9.17) is 0 Å². The fourth-order valence-corrected chi connectivity index (χ4v) is 3.34. The number of nitrogens with one attached hydrogen (secondary N) is 1. The Balaban J connectivity index is 1.66. The number of likely N-dealkylation sites (tertiary alicyclic amines) is 1. The molecule has 1 saturated heterocycles. The van der Waals surface area contributed by atoms with Gasteiger partial charge in [0.15, 0.2) is 0 Å². The van der Waals surface area contributed by atoms with Gasteiger partial charge in [-0.05, 0) is 37.1 Å². The summed E-state index contributed by atoms with van der Waals surface area (Å²) < 4.78 is 15.1. The molecule has 0 unspecified atom stereocenters. The summed E-state index contributed by atoms with van der Waals surface area (Å²) >= 11 is 0. The van der Waals surface area contributed by atoms with E-state index in [0.29, 0.717) is 11.1 Å². The van der Waals surface area contributed by atoms with Gasteiger partial charge < -0.3 is 9.88 Å². The zero-order valence-electron chi connectivity index (χ0n) is 12.8. The summed E-state index contributed by atoms with van der Waals surface area (Å²) in [4.78, 5) is 17.8. The maximum Gasteiger partial charge on any atom is 0.270 e. The van der Waals surface area contributed by atoms with Gasteiger partial charge in [-0.15, -0.1) is 0 Å². The van der Waals surface area contributed by atoms with Crippen LogP contribution in [-0.4, -0.2) is 32.1 Å². The van der Waals surface area contributed by atoms with E-state index in [2.05, 4.69) is 10.1 Å². The third kappa shape index (κ3) is 2.40. The molecule has 3 aromatic rings. The van der Waals surface area contributed by atoms with Gasteiger partial charge in [0.05, 0.1) is 12.2 Å². The van der Waals surface area contributed by atoms with Gasteiger partial charge in [0.25, 0.3) is 5.91 Å². The first kappa shape index (κ1) is 14.0. The predicted molar refractivity (Wildman–Crippen MR) is 84.5 cm³/mol. The molecule has 0 radical (unpaired) electrons. The Bertz CT molecular complexity index is 882. The van der Waals surface area contributed by atoms with Gasteiger partial charge in [-0.25, -0.2) is 4.39 Å². The number of aromatic nitrogens is 3. The number of hydrogen-bond donors (Lipinski definition) is 1. The van der Waals surface area contributed by atoms with Crippen molar-refractivity contribution in [2.75, 3.05) is 6.54 Å². The molecule has 1 atom stereocenters. The Hall–Kier alpha value is -2.63. The fourth-order valence-electron chi connectivity index (χ4n) is 3.34. The number of nitrogens with zero attached hydrogens (tertiary/aromatic N) is 3. The fraction of sp³-hybridized carbons (Fsp3) is 0.294. The Kier molecular flexibility index (Phi) is 3.18. The number of amides is 1. The normalized spacial score (nSPS) is 18.0. The highest BCUT2D eigenvalue weighted by Crippen LogP contribution is 2.33. The van der Waals surface area contributed by atoms with Crippen LogP contribution in [0.4, 0.5) is 4.39 Å². The molecule has 23 heavy (non-hydrogen) atoms. The second-order valence-corrected chi connectivity index (χ2v) is 6.02. The smallest absolute Gasteiger partial charge is 0.270 e. The lowest BCUT2D eigenvalue weighted by molar-refractivity contribution is 0.0730. The Labute approximate surface area is 132 Å². The van der Waals surface area contributed by atoms with E-state index in [1.807, 2.05) is 24.3 Å². The molecule has 0 saturated carbocycles. The van der Waals surface area contributed by atoms with E-state index in [-0.39, 0.29) is 17.8 Å². The molecule has 4 rings (SSSR count). The number of hydrogen-bond acceptors (Lipinski definition) is 2. The number of carbonyl (C=O) groups is 1. The van der Waals surface area contributed by atoms with Crippen molar-refractivity contribution < 1.29 is 9.18 Å². The van der Waals surface area contributed by atoms with Crippen molar-refractivity contribution in [3.63, 3.8) is 0 Å². The number of fused-ring (bicyclic) bond motifs is 1. The molecule has 0 spiro atoms. The summed E-state index contributed by atoms with van der Waals surface area (Å²) in [6.45, 7) is 0.724. The van der Waals surface area contributed by atoms with E-state index in [1.54, 1.807) is 16.8 Å². The highest BCUT2D eigenvalue weighted by molar-refractivity contribution is 5.98. The second-order valence-electron chi connectivity index (χ2n) is 6.02. The largest absolute Gasteiger partial charge is 0.351 e. The van der Waals surface area contributed by atoms with Gasteiger partial charge in [-0.1, -0.05) is 0 Å². The van der Waals surface area contributed by atoms with Crippen LogP contribution in [0.25, 0.3) is 10.9 Å². The summed E-state index contributed by atoms with van der Waals surface area (Å²) in [5.41, 5.74) is 2.33. The summed E-state index contributed by atoms with van der Waals surface area (Å²) in [6.07, 6.45) is 5.68. The van der Waals surface area contributed by atoms with Crippen LogP contribution in [0.1, 0.15) is 34.9 Å². The van der Waals surface area contributed by atoms with E-state index in [0.717, 1.165) is 30.5 Å². The van der Waals surface area contributed by atoms with Gasteiger partial charge in [0, 0.05) is 36.3 Å².